The van der Waals surface area contributed by atoms with Crippen molar-refractivity contribution in [3.05, 3.63) is 70.5 Å². The average Bonchev–Trinajstić information content (AvgIpc) is 2.63. The fourth-order valence-electron chi connectivity index (χ4n) is 2.55. The summed E-state index contributed by atoms with van der Waals surface area (Å²) in [6.45, 7) is 2.58. The van der Waals surface area contributed by atoms with E-state index in [0.29, 0.717) is 17.4 Å². The monoisotopic (exact) mass is 321 g/mol. The van der Waals surface area contributed by atoms with Gasteiger partial charge in [0.1, 0.15) is 0 Å². The largest absolute Gasteiger partial charge is 0.351 e. The van der Waals surface area contributed by atoms with Crippen LogP contribution in [-0.4, -0.2) is 22.2 Å². The molecular formula is C19H19N3O2. The van der Waals surface area contributed by atoms with Gasteiger partial charge < -0.3 is 5.32 Å². The van der Waals surface area contributed by atoms with Crippen LogP contribution < -0.4 is 10.7 Å². The summed E-state index contributed by atoms with van der Waals surface area (Å²) in [5, 5.41) is 7.59. The van der Waals surface area contributed by atoms with Gasteiger partial charge in [0.2, 0.25) is 5.43 Å². The topological polar surface area (TPSA) is 64.0 Å². The molecule has 0 spiro atoms. The highest BCUT2D eigenvalue weighted by Gasteiger charge is 2.17. The number of amides is 1. The van der Waals surface area contributed by atoms with Crippen LogP contribution in [0.25, 0.3) is 16.6 Å². The number of nitrogens with zero attached hydrogens (tertiary/aromatic N) is 2. The molecule has 5 heteroatoms. The molecule has 1 aromatic heterocycles. The summed E-state index contributed by atoms with van der Waals surface area (Å²) in [6, 6.07) is 16.7. The fourth-order valence-corrected chi connectivity index (χ4v) is 2.55. The Labute approximate surface area is 139 Å². The van der Waals surface area contributed by atoms with Gasteiger partial charge in [-0.15, -0.1) is 0 Å². The highest BCUT2D eigenvalue weighted by Crippen LogP contribution is 2.15. The van der Waals surface area contributed by atoms with Gasteiger partial charge >= 0.3 is 0 Å². The summed E-state index contributed by atoms with van der Waals surface area (Å²) in [5.74, 6) is -0.427. The molecule has 0 bridgehead atoms. The Balaban J connectivity index is 2.16. The first-order chi connectivity index (χ1) is 11.7. The molecule has 2 aromatic carbocycles. The zero-order valence-corrected chi connectivity index (χ0v) is 13.5. The molecule has 0 saturated carbocycles. The van der Waals surface area contributed by atoms with E-state index < -0.39 is 5.91 Å². The third-order valence-electron chi connectivity index (χ3n) is 3.82. The van der Waals surface area contributed by atoms with Crippen molar-refractivity contribution in [2.45, 2.75) is 19.8 Å². The van der Waals surface area contributed by atoms with Gasteiger partial charge in [-0.2, -0.15) is 5.10 Å². The molecule has 24 heavy (non-hydrogen) atoms. The SMILES string of the molecule is CCCCNC(=O)c1nn(-c2ccccc2)c2ccccc2c1=O. The molecule has 0 fully saturated rings. The number of fused-ring (bicyclic) bond motifs is 1. The second-order valence-electron chi connectivity index (χ2n) is 5.55. The number of unbranched alkanes of at least 4 members (excludes halogenated alkanes) is 1. The summed E-state index contributed by atoms with van der Waals surface area (Å²) in [6.07, 6.45) is 1.84. The predicted molar refractivity (Wildman–Crippen MR) is 94.6 cm³/mol. The van der Waals surface area contributed by atoms with Crippen LogP contribution in [0.3, 0.4) is 0 Å². The molecule has 5 nitrogen and oxygen atoms in total. The van der Waals surface area contributed by atoms with E-state index >= 15 is 0 Å². The van der Waals surface area contributed by atoms with E-state index in [1.807, 2.05) is 49.4 Å². The van der Waals surface area contributed by atoms with Crippen LogP contribution in [-0.2, 0) is 0 Å². The highest BCUT2D eigenvalue weighted by molar-refractivity contribution is 5.95. The number of rotatable bonds is 5. The van der Waals surface area contributed by atoms with Crippen LogP contribution in [0, 0.1) is 0 Å². The van der Waals surface area contributed by atoms with Gasteiger partial charge in [-0.25, -0.2) is 4.68 Å². The zero-order chi connectivity index (χ0) is 16.9. The van der Waals surface area contributed by atoms with Gasteiger partial charge in [0.15, 0.2) is 5.69 Å². The van der Waals surface area contributed by atoms with E-state index in [1.54, 1.807) is 16.8 Å². The first kappa shape index (κ1) is 15.9. The van der Waals surface area contributed by atoms with Crippen molar-refractivity contribution in [3.8, 4) is 5.69 Å². The number of benzene rings is 2. The number of carbonyl (C=O) groups is 1. The number of hydrogen-bond acceptors (Lipinski definition) is 3. The summed E-state index contributed by atoms with van der Waals surface area (Å²) >= 11 is 0. The highest BCUT2D eigenvalue weighted by atomic mass is 16.2. The molecule has 0 radical (unpaired) electrons. The molecule has 1 heterocycles. The summed E-state index contributed by atoms with van der Waals surface area (Å²) in [4.78, 5) is 25.0. The minimum absolute atomic E-state index is 0.0753. The second kappa shape index (κ2) is 7.08. The maximum atomic E-state index is 12.6. The Morgan fingerprint density at radius 1 is 1.08 bits per heavy atom. The molecule has 0 unspecified atom stereocenters. The van der Waals surface area contributed by atoms with Gasteiger partial charge in [-0.1, -0.05) is 43.7 Å². The van der Waals surface area contributed by atoms with Gasteiger partial charge in [0, 0.05) is 6.54 Å². The van der Waals surface area contributed by atoms with Crippen molar-refractivity contribution in [2.24, 2.45) is 0 Å². The van der Waals surface area contributed by atoms with Crippen LogP contribution in [0.1, 0.15) is 30.3 Å². The second-order valence-corrected chi connectivity index (χ2v) is 5.55. The molecule has 0 aliphatic rings. The number of hydrogen-bond donors (Lipinski definition) is 1. The van der Waals surface area contributed by atoms with Crippen LogP contribution in [0.15, 0.2) is 59.4 Å². The maximum absolute atomic E-state index is 12.6. The van der Waals surface area contributed by atoms with Crippen molar-refractivity contribution in [3.63, 3.8) is 0 Å². The van der Waals surface area contributed by atoms with E-state index in [9.17, 15) is 9.59 Å². The molecular weight excluding hydrogens is 302 g/mol. The maximum Gasteiger partial charge on any atom is 0.275 e. The van der Waals surface area contributed by atoms with Crippen LogP contribution in [0.5, 0.6) is 0 Å². The minimum atomic E-state index is -0.427. The lowest BCUT2D eigenvalue weighted by Crippen LogP contribution is -2.32. The molecule has 1 amide bonds. The molecule has 0 saturated heterocycles. The third-order valence-corrected chi connectivity index (χ3v) is 3.82. The van der Waals surface area contributed by atoms with Crippen molar-refractivity contribution >= 4 is 16.8 Å². The zero-order valence-electron chi connectivity index (χ0n) is 13.5. The fraction of sp³-hybridized carbons (Fsp3) is 0.211. The summed E-state index contributed by atoms with van der Waals surface area (Å²) < 4.78 is 1.64. The molecule has 122 valence electrons. The van der Waals surface area contributed by atoms with E-state index in [0.717, 1.165) is 18.5 Å². The molecule has 0 aliphatic carbocycles. The van der Waals surface area contributed by atoms with E-state index in [1.165, 1.54) is 0 Å². The number of para-hydroxylation sites is 2. The minimum Gasteiger partial charge on any atom is -0.351 e. The average molecular weight is 321 g/mol. The lowest BCUT2D eigenvalue weighted by molar-refractivity contribution is 0.0945. The quantitative estimate of drug-likeness (QED) is 0.735. The smallest absolute Gasteiger partial charge is 0.275 e. The van der Waals surface area contributed by atoms with Crippen LogP contribution in [0.4, 0.5) is 0 Å². The van der Waals surface area contributed by atoms with E-state index in [-0.39, 0.29) is 11.1 Å². The van der Waals surface area contributed by atoms with Crippen molar-refractivity contribution < 1.29 is 4.79 Å². The lowest BCUT2D eigenvalue weighted by atomic mass is 10.2. The summed E-state index contributed by atoms with van der Waals surface area (Å²) in [7, 11) is 0. The van der Waals surface area contributed by atoms with E-state index in [2.05, 4.69) is 10.4 Å². The number of carbonyl (C=O) groups excluding carboxylic acids is 1. The number of aromatic nitrogens is 2. The Hall–Kier alpha value is -2.95. The Bertz CT molecular complexity index is 917. The van der Waals surface area contributed by atoms with E-state index in [4.69, 9.17) is 0 Å². The first-order valence-electron chi connectivity index (χ1n) is 8.08. The Morgan fingerprint density at radius 3 is 2.54 bits per heavy atom. The predicted octanol–water partition coefficient (Wildman–Crippen LogP) is 2.92. The van der Waals surface area contributed by atoms with Gasteiger partial charge in [0.25, 0.3) is 5.91 Å². The lowest BCUT2D eigenvalue weighted by Gasteiger charge is -2.12. The van der Waals surface area contributed by atoms with Gasteiger partial charge in [-0.3, -0.25) is 9.59 Å². The molecule has 1 N–H and O–H groups in total. The van der Waals surface area contributed by atoms with Gasteiger partial charge in [0.05, 0.1) is 16.6 Å². The van der Waals surface area contributed by atoms with Crippen LogP contribution in [0.2, 0.25) is 0 Å². The molecule has 3 rings (SSSR count). The first-order valence-corrected chi connectivity index (χ1v) is 8.08. The normalized spacial score (nSPS) is 10.7. The molecule has 0 aliphatic heterocycles. The number of nitrogens with one attached hydrogen (secondary N) is 1. The van der Waals surface area contributed by atoms with Crippen LogP contribution >= 0.6 is 0 Å². The molecule has 0 atom stereocenters. The Morgan fingerprint density at radius 2 is 1.79 bits per heavy atom. The third kappa shape index (κ3) is 3.06. The van der Waals surface area contributed by atoms with Gasteiger partial charge in [-0.05, 0) is 30.7 Å². The summed E-state index contributed by atoms with van der Waals surface area (Å²) in [5.41, 5.74) is 1.07. The van der Waals surface area contributed by atoms with Crippen molar-refractivity contribution in [1.82, 2.24) is 15.1 Å². The van der Waals surface area contributed by atoms with Crippen molar-refractivity contribution in [2.75, 3.05) is 6.54 Å². The molecule has 3 aromatic rings. The van der Waals surface area contributed by atoms with Crippen molar-refractivity contribution in [1.29, 1.82) is 0 Å². The Kier molecular flexibility index (Phi) is 4.70. The standard InChI is InChI=1S/C19H19N3O2/c1-2-3-13-20-19(24)17-18(23)15-11-7-8-12-16(15)22(21-17)14-9-5-4-6-10-14/h4-12H,2-3,13H2,1H3,(H,20,24).